The third kappa shape index (κ3) is 5.48. The molecule has 0 heterocycles. The quantitative estimate of drug-likeness (QED) is 0.586. The van der Waals surface area contributed by atoms with Gasteiger partial charge in [0.25, 0.3) is 0 Å². The van der Waals surface area contributed by atoms with Gasteiger partial charge in [0.2, 0.25) is 0 Å². The summed E-state index contributed by atoms with van der Waals surface area (Å²) in [6.07, 6.45) is 3.31. The highest BCUT2D eigenvalue weighted by Gasteiger charge is 2.26. The van der Waals surface area contributed by atoms with Gasteiger partial charge < -0.3 is 0 Å². The minimum absolute atomic E-state index is 0.414. The number of rotatable bonds is 7. The molecule has 1 nitrogen and oxygen atoms in total. The van der Waals surface area contributed by atoms with E-state index in [9.17, 15) is 0 Å². The van der Waals surface area contributed by atoms with Gasteiger partial charge in [-0.25, -0.2) is 0 Å². The molecule has 1 aromatic carbocycles. The van der Waals surface area contributed by atoms with E-state index in [1.807, 2.05) is 6.07 Å². The van der Waals surface area contributed by atoms with E-state index in [1.54, 1.807) is 0 Å². The highest BCUT2D eigenvalue weighted by atomic mass is 14.8. The monoisotopic (exact) mass is 273 g/mol. The topological polar surface area (TPSA) is 12.4 Å². The molecule has 0 spiro atoms. The summed E-state index contributed by atoms with van der Waals surface area (Å²) >= 11 is 0. The van der Waals surface area contributed by atoms with Crippen LogP contribution in [0.15, 0.2) is 35.3 Å². The fourth-order valence-electron chi connectivity index (χ4n) is 2.84. The van der Waals surface area contributed by atoms with E-state index in [0.717, 1.165) is 5.92 Å². The zero-order chi connectivity index (χ0) is 15.1. The first-order valence-corrected chi connectivity index (χ1v) is 8.00. The summed E-state index contributed by atoms with van der Waals surface area (Å²) in [5.41, 5.74) is 1.20. The molecule has 2 atom stereocenters. The summed E-state index contributed by atoms with van der Waals surface area (Å²) in [6.45, 7) is 13.9. The van der Waals surface area contributed by atoms with Crippen molar-refractivity contribution >= 4 is 6.21 Å². The Labute approximate surface area is 125 Å². The molecule has 0 saturated carbocycles. The Morgan fingerprint density at radius 3 is 1.95 bits per heavy atom. The first-order chi connectivity index (χ1) is 9.41. The lowest BCUT2D eigenvalue weighted by Gasteiger charge is -2.31. The molecule has 0 aromatic heterocycles. The lowest BCUT2D eigenvalue weighted by atomic mass is 9.78. The van der Waals surface area contributed by atoms with Crippen LogP contribution in [-0.4, -0.2) is 12.3 Å². The van der Waals surface area contributed by atoms with Gasteiger partial charge in [-0.3, -0.25) is 4.99 Å². The van der Waals surface area contributed by atoms with Gasteiger partial charge in [0.1, 0.15) is 0 Å². The fraction of sp³-hybridized carbons (Fsp3) is 0.632. The molecular weight excluding hydrogens is 242 g/mol. The standard InChI is InChI=1S/C19H31N/c1-14(2)12-18(15(3)4)19(16(5)6)20-13-17-10-8-7-9-11-17/h7-11,13-16,18-19H,12H2,1-6H3. The van der Waals surface area contributed by atoms with Crippen molar-refractivity contribution in [2.75, 3.05) is 0 Å². The molecule has 0 saturated heterocycles. The number of nitrogens with zero attached hydrogens (tertiary/aromatic N) is 1. The van der Waals surface area contributed by atoms with Crippen LogP contribution in [0.5, 0.6) is 0 Å². The van der Waals surface area contributed by atoms with Gasteiger partial charge >= 0.3 is 0 Å². The molecule has 1 heteroatoms. The molecule has 0 N–H and O–H groups in total. The Morgan fingerprint density at radius 2 is 1.50 bits per heavy atom. The Bertz CT molecular complexity index is 389. The van der Waals surface area contributed by atoms with Crippen LogP contribution in [0.1, 0.15) is 53.5 Å². The van der Waals surface area contributed by atoms with Gasteiger partial charge in [0, 0.05) is 6.21 Å². The maximum atomic E-state index is 4.94. The third-order valence-corrected chi connectivity index (χ3v) is 3.92. The summed E-state index contributed by atoms with van der Waals surface area (Å²) < 4.78 is 0. The summed E-state index contributed by atoms with van der Waals surface area (Å²) in [6, 6.07) is 10.8. The normalized spacial score (nSPS) is 15.4. The van der Waals surface area contributed by atoms with Crippen molar-refractivity contribution in [1.29, 1.82) is 0 Å². The number of aliphatic imine (C=N–C) groups is 1. The van der Waals surface area contributed by atoms with Crippen molar-refractivity contribution in [2.24, 2.45) is 28.7 Å². The van der Waals surface area contributed by atoms with Crippen molar-refractivity contribution in [3.8, 4) is 0 Å². The second kappa shape index (κ2) is 8.24. The molecule has 0 aliphatic carbocycles. The second-order valence-corrected chi connectivity index (χ2v) is 6.96. The molecule has 0 amide bonds. The average Bonchev–Trinajstić information content (AvgIpc) is 2.38. The predicted octanol–water partition coefficient (Wildman–Crippen LogP) is 5.45. The molecule has 0 radical (unpaired) electrons. The number of hydrogen-bond donors (Lipinski definition) is 0. The van der Waals surface area contributed by atoms with E-state index in [0.29, 0.717) is 23.8 Å². The minimum Gasteiger partial charge on any atom is -0.289 e. The SMILES string of the molecule is CC(C)CC(C(C)C)C(N=Cc1ccccc1)C(C)C. The van der Waals surface area contributed by atoms with Gasteiger partial charge in [0.15, 0.2) is 0 Å². The van der Waals surface area contributed by atoms with E-state index >= 15 is 0 Å². The van der Waals surface area contributed by atoms with Crippen LogP contribution in [0.4, 0.5) is 0 Å². The highest BCUT2D eigenvalue weighted by molar-refractivity contribution is 5.79. The average molecular weight is 273 g/mol. The third-order valence-electron chi connectivity index (χ3n) is 3.92. The predicted molar refractivity (Wildman–Crippen MR) is 90.4 cm³/mol. The maximum Gasteiger partial charge on any atom is 0.0553 e. The fourth-order valence-corrected chi connectivity index (χ4v) is 2.84. The molecule has 0 aliphatic heterocycles. The molecule has 20 heavy (non-hydrogen) atoms. The second-order valence-electron chi connectivity index (χ2n) is 6.96. The van der Waals surface area contributed by atoms with Crippen LogP contribution < -0.4 is 0 Å². The Balaban J connectivity index is 2.89. The molecule has 1 aromatic rings. The van der Waals surface area contributed by atoms with Crippen molar-refractivity contribution in [3.63, 3.8) is 0 Å². The molecule has 0 bridgehead atoms. The molecule has 0 aliphatic rings. The van der Waals surface area contributed by atoms with Gasteiger partial charge in [0.05, 0.1) is 6.04 Å². The van der Waals surface area contributed by atoms with E-state index in [1.165, 1.54) is 12.0 Å². The first-order valence-electron chi connectivity index (χ1n) is 8.00. The molecular formula is C19H31N. The maximum absolute atomic E-state index is 4.94. The van der Waals surface area contributed by atoms with E-state index in [2.05, 4.69) is 72.0 Å². The van der Waals surface area contributed by atoms with Crippen LogP contribution in [-0.2, 0) is 0 Å². The zero-order valence-electron chi connectivity index (χ0n) is 14.0. The molecule has 1 rings (SSSR count). The number of hydrogen-bond acceptors (Lipinski definition) is 1. The van der Waals surface area contributed by atoms with Gasteiger partial charge in [-0.15, -0.1) is 0 Å². The van der Waals surface area contributed by atoms with Crippen LogP contribution in [0.2, 0.25) is 0 Å². The van der Waals surface area contributed by atoms with Crippen LogP contribution in [0, 0.1) is 23.7 Å². The van der Waals surface area contributed by atoms with Crippen LogP contribution in [0.3, 0.4) is 0 Å². The highest BCUT2D eigenvalue weighted by Crippen LogP contribution is 2.29. The van der Waals surface area contributed by atoms with Gasteiger partial charge in [-0.2, -0.15) is 0 Å². The largest absolute Gasteiger partial charge is 0.289 e. The van der Waals surface area contributed by atoms with Gasteiger partial charge in [-0.1, -0.05) is 71.9 Å². The zero-order valence-corrected chi connectivity index (χ0v) is 14.0. The summed E-state index contributed by atoms with van der Waals surface area (Å²) in [7, 11) is 0. The van der Waals surface area contributed by atoms with Crippen molar-refractivity contribution in [1.82, 2.24) is 0 Å². The minimum atomic E-state index is 0.414. The van der Waals surface area contributed by atoms with Crippen molar-refractivity contribution in [2.45, 2.75) is 54.0 Å². The van der Waals surface area contributed by atoms with E-state index in [-0.39, 0.29) is 0 Å². The first kappa shape index (κ1) is 16.9. The molecule has 112 valence electrons. The summed E-state index contributed by atoms with van der Waals surface area (Å²) in [5, 5.41) is 0. The van der Waals surface area contributed by atoms with E-state index in [4.69, 9.17) is 4.99 Å². The Hall–Kier alpha value is -1.11. The lowest BCUT2D eigenvalue weighted by molar-refractivity contribution is 0.231. The van der Waals surface area contributed by atoms with Crippen LogP contribution in [0.25, 0.3) is 0 Å². The van der Waals surface area contributed by atoms with Crippen molar-refractivity contribution in [3.05, 3.63) is 35.9 Å². The lowest BCUT2D eigenvalue weighted by Crippen LogP contribution is -2.30. The van der Waals surface area contributed by atoms with Crippen molar-refractivity contribution < 1.29 is 0 Å². The summed E-state index contributed by atoms with van der Waals surface area (Å²) in [4.78, 5) is 4.94. The summed E-state index contributed by atoms with van der Waals surface area (Å²) in [5.74, 6) is 2.66. The smallest absolute Gasteiger partial charge is 0.0553 e. The molecule has 2 unspecified atom stereocenters. The Morgan fingerprint density at radius 1 is 0.900 bits per heavy atom. The molecule has 0 fully saturated rings. The number of benzene rings is 1. The Kier molecular flexibility index (Phi) is 6.98. The van der Waals surface area contributed by atoms with Gasteiger partial charge in [-0.05, 0) is 35.7 Å². The van der Waals surface area contributed by atoms with E-state index < -0.39 is 0 Å². The van der Waals surface area contributed by atoms with Crippen LogP contribution >= 0.6 is 0 Å².